The SMILES string of the molecule is CC1(C(=O)N2CCCC2)CCN(CC2COc3ccccc3O2)CC1. The molecule has 0 spiro atoms. The van der Waals surface area contributed by atoms with Crippen molar-refractivity contribution in [3.8, 4) is 11.5 Å². The fourth-order valence-electron chi connectivity index (χ4n) is 4.19. The van der Waals surface area contributed by atoms with E-state index in [1.807, 2.05) is 24.3 Å². The van der Waals surface area contributed by atoms with Gasteiger partial charge in [0.2, 0.25) is 5.91 Å². The lowest BCUT2D eigenvalue weighted by molar-refractivity contribution is -0.143. The summed E-state index contributed by atoms with van der Waals surface area (Å²) >= 11 is 0. The fraction of sp³-hybridized carbons (Fsp3) is 0.650. The van der Waals surface area contributed by atoms with Gasteiger partial charge in [-0.05, 0) is 50.9 Å². The number of fused-ring (bicyclic) bond motifs is 1. The van der Waals surface area contributed by atoms with Crippen LogP contribution in [0.3, 0.4) is 0 Å². The zero-order valence-electron chi connectivity index (χ0n) is 15.1. The van der Waals surface area contributed by atoms with Crippen molar-refractivity contribution >= 4 is 5.91 Å². The van der Waals surface area contributed by atoms with Crippen molar-refractivity contribution in [2.45, 2.75) is 38.7 Å². The number of hydrogen-bond donors (Lipinski definition) is 0. The van der Waals surface area contributed by atoms with E-state index >= 15 is 0 Å². The van der Waals surface area contributed by atoms with Gasteiger partial charge in [-0.1, -0.05) is 19.1 Å². The zero-order chi connectivity index (χ0) is 17.3. The molecule has 136 valence electrons. The van der Waals surface area contributed by atoms with E-state index in [-0.39, 0.29) is 11.5 Å². The number of carbonyl (C=O) groups is 1. The average Bonchev–Trinajstić information content (AvgIpc) is 3.18. The minimum absolute atomic E-state index is 0.0635. The highest BCUT2D eigenvalue weighted by Crippen LogP contribution is 2.35. The zero-order valence-corrected chi connectivity index (χ0v) is 15.1. The first-order chi connectivity index (χ1) is 12.1. The van der Waals surface area contributed by atoms with Crippen LogP contribution in [0.25, 0.3) is 0 Å². The molecule has 3 aliphatic heterocycles. The van der Waals surface area contributed by atoms with Crippen LogP contribution in [0.15, 0.2) is 24.3 Å². The summed E-state index contributed by atoms with van der Waals surface area (Å²) in [6, 6.07) is 7.84. The molecule has 1 unspecified atom stereocenters. The number of amides is 1. The lowest BCUT2D eigenvalue weighted by Crippen LogP contribution is -2.50. The van der Waals surface area contributed by atoms with Crippen molar-refractivity contribution in [2.24, 2.45) is 5.41 Å². The third-order valence-corrected chi connectivity index (χ3v) is 5.90. The molecule has 3 heterocycles. The number of hydrogen-bond acceptors (Lipinski definition) is 4. The van der Waals surface area contributed by atoms with E-state index in [1.165, 1.54) is 0 Å². The molecule has 0 saturated carbocycles. The maximum absolute atomic E-state index is 12.8. The maximum Gasteiger partial charge on any atom is 0.228 e. The summed E-state index contributed by atoms with van der Waals surface area (Å²) in [5.74, 6) is 2.04. The van der Waals surface area contributed by atoms with Crippen molar-refractivity contribution in [3.63, 3.8) is 0 Å². The molecule has 1 amide bonds. The summed E-state index contributed by atoms with van der Waals surface area (Å²) in [5, 5.41) is 0. The molecule has 1 atom stereocenters. The van der Waals surface area contributed by atoms with Crippen LogP contribution in [-0.4, -0.2) is 61.1 Å². The number of para-hydroxylation sites is 2. The third kappa shape index (κ3) is 3.47. The van der Waals surface area contributed by atoms with E-state index in [9.17, 15) is 4.79 Å². The van der Waals surface area contributed by atoms with Crippen LogP contribution in [0.2, 0.25) is 0 Å². The molecule has 5 nitrogen and oxygen atoms in total. The van der Waals surface area contributed by atoms with Crippen molar-refractivity contribution in [2.75, 3.05) is 39.3 Å². The van der Waals surface area contributed by atoms with E-state index < -0.39 is 0 Å². The lowest BCUT2D eigenvalue weighted by atomic mass is 9.79. The monoisotopic (exact) mass is 344 g/mol. The van der Waals surface area contributed by atoms with Gasteiger partial charge in [-0.25, -0.2) is 0 Å². The second-order valence-electron chi connectivity index (χ2n) is 7.86. The van der Waals surface area contributed by atoms with E-state index in [2.05, 4.69) is 16.7 Å². The largest absolute Gasteiger partial charge is 0.486 e. The lowest BCUT2D eigenvalue weighted by Gasteiger charge is -2.41. The van der Waals surface area contributed by atoms with Crippen molar-refractivity contribution in [1.29, 1.82) is 0 Å². The molecule has 25 heavy (non-hydrogen) atoms. The molecule has 0 N–H and O–H groups in total. The smallest absolute Gasteiger partial charge is 0.228 e. The summed E-state index contributed by atoms with van der Waals surface area (Å²) in [4.78, 5) is 17.3. The topological polar surface area (TPSA) is 42.0 Å². The third-order valence-electron chi connectivity index (χ3n) is 5.90. The number of piperidine rings is 1. The van der Waals surface area contributed by atoms with Gasteiger partial charge < -0.3 is 14.4 Å². The van der Waals surface area contributed by atoms with Crippen LogP contribution in [0.5, 0.6) is 11.5 Å². The van der Waals surface area contributed by atoms with Crippen LogP contribution in [0, 0.1) is 5.41 Å². The molecular formula is C20H28N2O3. The molecule has 0 aliphatic carbocycles. The standard InChI is InChI=1S/C20H28N2O3/c1-20(19(23)22-10-4-5-11-22)8-12-21(13-9-20)14-16-15-24-17-6-2-3-7-18(17)25-16/h2-3,6-7,16H,4-5,8-15H2,1H3. The van der Waals surface area contributed by atoms with Gasteiger partial charge in [0, 0.05) is 25.0 Å². The normalized spacial score (nSPS) is 25.8. The molecule has 4 rings (SSSR count). The molecule has 0 aromatic heterocycles. The summed E-state index contributed by atoms with van der Waals surface area (Å²) in [5.41, 5.74) is -0.183. The van der Waals surface area contributed by atoms with Gasteiger partial charge in [-0.2, -0.15) is 0 Å². The first-order valence-corrected chi connectivity index (χ1v) is 9.54. The molecule has 1 aromatic carbocycles. The molecule has 3 aliphatic rings. The molecule has 0 radical (unpaired) electrons. The number of nitrogens with zero attached hydrogens (tertiary/aromatic N) is 2. The summed E-state index contributed by atoms with van der Waals surface area (Å²) in [6.45, 7) is 7.42. The molecular weight excluding hydrogens is 316 g/mol. The Morgan fingerprint density at radius 3 is 2.52 bits per heavy atom. The Morgan fingerprint density at radius 1 is 1.12 bits per heavy atom. The van der Waals surface area contributed by atoms with Gasteiger partial charge in [0.15, 0.2) is 11.5 Å². The van der Waals surface area contributed by atoms with Gasteiger partial charge in [0.1, 0.15) is 12.7 Å². The van der Waals surface area contributed by atoms with Gasteiger partial charge in [-0.15, -0.1) is 0 Å². The van der Waals surface area contributed by atoms with Gasteiger partial charge in [0.05, 0.1) is 0 Å². The number of ether oxygens (including phenoxy) is 2. The first kappa shape index (κ1) is 16.7. The second-order valence-corrected chi connectivity index (χ2v) is 7.86. The van der Waals surface area contributed by atoms with E-state index in [1.54, 1.807) is 0 Å². The number of benzene rings is 1. The van der Waals surface area contributed by atoms with Crippen LogP contribution in [-0.2, 0) is 4.79 Å². The highest BCUT2D eigenvalue weighted by atomic mass is 16.6. The Morgan fingerprint density at radius 2 is 1.80 bits per heavy atom. The molecule has 2 saturated heterocycles. The van der Waals surface area contributed by atoms with Gasteiger partial charge in [0.25, 0.3) is 0 Å². The predicted molar refractivity (Wildman–Crippen MR) is 95.9 cm³/mol. The Balaban J connectivity index is 1.30. The van der Waals surface area contributed by atoms with Gasteiger partial charge in [-0.3, -0.25) is 9.69 Å². The minimum Gasteiger partial charge on any atom is -0.486 e. The van der Waals surface area contributed by atoms with Gasteiger partial charge >= 0.3 is 0 Å². The average molecular weight is 344 g/mol. The highest BCUT2D eigenvalue weighted by molar-refractivity contribution is 5.82. The minimum atomic E-state index is -0.183. The van der Waals surface area contributed by atoms with Crippen LogP contribution < -0.4 is 9.47 Å². The number of carbonyl (C=O) groups excluding carboxylic acids is 1. The highest BCUT2D eigenvalue weighted by Gasteiger charge is 2.40. The molecule has 5 heteroatoms. The Bertz CT molecular complexity index is 619. The number of likely N-dealkylation sites (tertiary alicyclic amines) is 2. The van der Waals surface area contributed by atoms with Crippen molar-refractivity contribution in [3.05, 3.63) is 24.3 Å². The Labute approximate surface area is 149 Å². The van der Waals surface area contributed by atoms with Crippen molar-refractivity contribution in [1.82, 2.24) is 9.80 Å². The summed E-state index contributed by atoms with van der Waals surface area (Å²) < 4.78 is 11.9. The molecule has 0 bridgehead atoms. The second kappa shape index (κ2) is 6.87. The fourth-order valence-corrected chi connectivity index (χ4v) is 4.19. The summed E-state index contributed by atoms with van der Waals surface area (Å²) in [7, 11) is 0. The Hall–Kier alpha value is -1.75. The number of rotatable bonds is 3. The van der Waals surface area contributed by atoms with E-state index in [4.69, 9.17) is 9.47 Å². The van der Waals surface area contributed by atoms with E-state index in [0.29, 0.717) is 12.5 Å². The van der Waals surface area contributed by atoms with Crippen LogP contribution in [0.4, 0.5) is 0 Å². The van der Waals surface area contributed by atoms with E-state index in [0.717, 1.165) is 69.9 Å². The summed E-state index contributed by atoms with van der Waals surface area (Å²) in [6.07, 6.45) is 4.26. The van der Waals surface area contributed by atoms with Crippen LogP contribution in [0.1, 0.15) is 32.6 Å². The quantitative estimate of drug-likeness (QED) is 0.845. The molecule has 2 fully saturated rings. The van der Waals surface area contributed by atoms with Crippen molar-refractivity contribution < 1.29 is 14.3 Å². The first-order valence-electron chi connectivity index (χ1n) is 9.54. The predicted octanol–water partition coefficient (Wildman–Crippen LogP) is 2.55. The Kier molecular flexibility index (Phi) is 4.59. The molecule has 1 aromatic rings. The maximum atomic E-state index is 12.8. The van der Waals surface area contributed by atoms with Crippen LogP contribution >= 0.6 is 0 Å².